The average Bonchev–Trinajstić information content (AvgIpc) is 2.96. The van der Waals surface area contributed by atoms with Crippen LogP contribution in [0.3, 0.4) is 0 Å². The third-order valence-corrected chi connectivity index (χ3v) is 5.24. The van der Waals surface area contributed by atoms with E-state index < -0.39 is 17.7 Å². The number of ether oxygens (including phenoxy) is 1. The highest BCUT2D eigenvalue weighted by Crippen LogP contribution is 2.21. The lowest BCUT2D eigenvalue weighted by Crippen LogP contribution is -2.23. The van der Waals surface area contributed by atoms with E-state index in [4.69, 9.17) is 4.74 Å². The number of rotatable bonds is 4. The average molecular weight is 386 g/mol. The van der Waals surface area contributed by atoms with Crippen LogP contribution in [-0.2, 0) is 16.1 Å². The van der Waals surface area contributed by atoms with E-state index in [2.05, 4.69) is 4.99 Å². The van der Waals surface area contributed by atoms with E-state index in [1.54, 1.807) is 31.2 Å². The van der Waals surface area contributed by atoms with Gasteiger partial charge in [-0.2, -0.15) is 4.99 Å². The van der Waals surface area contributed by atoms with Crippen LogP contribution >= 0.6 is 11.3 Å². The van der Waals surface area contributed by atoms with Crippen LogP contribution in [0.1, 0.15) is 28.4 Å². The molecule has 5 nitrogen and oxygen atoms in total. The van der Waals surface area contributed by atoms with Crippen LogP contribution < -0.4 is 4.80 Å². The second-order valence-electron chi connectivity index (χ2n) is 6.08. The lowest BCUT2D eigenvalue weighted by atomic mass is 10.1. The molecule has 1 aromatic heterocycles. The fraction of sp³-hybridized carbons (Fsp3) is 0.250. The van der Waals surface area contributed by atoms with Crippen molar-refractivity contribution in [2.75, 3.05) is 6.61 Å². The van der Waals surface area contributed by atoms with Crippen molar-refractivity contribution in [1.82, 2.24) is 4.57 Å². The number of thiazole rings is 1. The lowest BCUT2D eigenvalue weighted by Gasteiger charge is -2.06. The summed E-state index contributed by atoms with van der Waals surface area (Å²) >= 11 is 1.16. The maximum absolute atomic E-state index is 14.4. The summed E-state index contributed by atoms with van der Waals surface area (Å²) in [4.78, 5) is 29.0. The Hall–Kier alpha value is -2.80. The summed E-state index contributed by atoms with van der Waals surface area (Å²) in [5.74, 6) is -1.43. The Labute approximate surface area is 159 Å². The number of hydrogen-bond donors (Lipinski definition) is 0. The van der Waals surface area contributed by atoms with Crippen LogP contribution in [0.15, 0.2) is 41.4 Å². The first-order valence-electron chi connectivity index (χ1n) is 8.50. The number of amides is 1. The second kappa shape index (κ2) is 7.84. The van der Waals surface area contributed by atoms with Crippen molar-refractivity contribution < 1.29 is 18.7 Å². The van der Waals surface area contributed by atoms with Gasteiger partial charge in [0, 0.05) is 5.56 Å². The molecule has 0 spiro atoms. The molecule has 0 fully saturated rings. The molecule has 2 aromatic carbocycles. The zero-order chi connectivity index (χ0) is 19.6. The highest BCUT2D eigenvalue weighted by molar-refractivity contribution is 7.16. The minimum atomic E-state index is -0.513. The minimum Gasteiger partial charge on any atom is -0.465 e. The molecule has 0 N–H and O–H groups in total. The van der Waals surface area contributed by atoms with Gasteiger partial charge < -0.3 is 9.30 Å². The van der Waals surface area contributed by atoms with E-state index >= 15 is 0 Å². The monoisotopic (exact) mass is 386 g/mol. The Kier molecular flexibility index (Phi) is 5.51. The van der Waals surface area contributed by atoms with Crippen LogP contribution in [0.5, 0.6) is 0 Å². The van der Waals surface area contributed by atoms with Gasteiger partial charge in [-0.1, -0.05) is 23.5 Å². The van der Waals surface area contributed by atoms with Gasteiger partial charge in [-0.05, 0) is 56.2 Å². The largest absolute Gasteiger partial charge is 0.465 e. The molecule has 3 rings (SSSR count). The summed E-state index contributed by atoms with van der Waals surface area (Å²) in [6.45, 7) is 5.58. The Morgan fingerprint density at radius 1 is 1.19 bits per heavy atom. The summed E-state index contributed by atoms with van der Waals surface area (Å²) in [5, 5.41) is 0. The number of carbonyl (C=O) groups excluding carboxylic acids is 2. The molecule has 140 valence electrons. The highest BCUT2D eigenvalue weighted by atomic mass is 32.1. The van der Waals surface area contributed by atoms with Gasteiger partial charge >= 0.3 is 5.97 Å². The first kappa shape index (κ1) is 19.0. The standard InChI is InChI=1S/C20H19FN2O3S/c1-4-26-17(24)11-23-18-15(21)6-5-7-16(18)27-20(23)22-19(25)14-9-8-12(2)13(3)10-14/h5-10H,4,11H2,1-3H3. The molecule has 0 aliphatic heterocycles. The van der Waals surface area contributed by atoms with Crippen molar-refractivity contribution in [2.24, 2.45) is 4.99 Å². The summed E-state index contributed by atoms with van der Waals surface area (Å²) in [5.41, 5.74) is 2.74. The van der Waals surface area contributed by atoms with Crippen molar-refractivity contribution in [3.05, 3.63) is 63.7 Å². The van der Waals surface area contributed by atoms with Gasteiger partial charge in [-0.25, -0.2) is 4.39 Å². The van der Waals surface area contributed by atoms with Gasteiger partial charge in [0.1, 0.15) is 12.4 Å². The summed E-state index contributed by atoms with van der Waals surface area (Å²) in [7, 11) is 0. The Balaban J connectivity index is 2.13. The molecular formula is C20H19FN2O3S. The molecule has 0 bridgehead atoms. The van der Waals surface area contributed by atoms with Gasteiger partial charge in [-0.3, -0.25) is 9.59 Å². The summed E-state index contributed by atoms with van der Waals surface area (Å²) in [6, 6.07) is 9.95. The molecule has 1 heterocycles. The Morgan fingerprint density at radius 2 is 1.96 bits per heavy atom. The van der Waals surface area contributed by atoms with Crippen molar-refractivity contribution in [3.63, 3.8) is 0 Å². The van der Waals surface area contributed by atoms with Crippen molar-refractivity contribution in [2.45, 2.75) is 27.3 Å². The van der Waals surface area contributed by atoms with Crippen molar-refractivity contribution in [1.29, 1.82) is 0 Å². The van der Waals surface area contributed by atoms with Gasteiger partial charge in [0.15, 0.2) is 4.80 Å². The van der Waals surface area contributed by atoms with Gasteiger partial charge in [0.2, 0.25) is 0 Å². The number of aromatic nitrogens is 1. The molecule has 0 aliphatic carbocycles. The predicted molar refractivity (Wildman–Crippen MR) is 102 cm³/mol. The topological polar surface area (TPSA) is 60.7 Å². The maximum atomic E-state index is 14.4. The van der Waals surface area contributed by atoms with E-state index in [1.807, 2.05) is 19.9 Å². The molecule has 0 saturated carbocycles. The van der Waals surface area contributed by atoms with Gasteiger partial charge in [-0.15, -0.1) is 0 Å². The van der Waals surface area contributed by atoms with Crippen LogP contribution in [0.2, 0.25) is 0 Å². The molecule has 7 heteroatoms. The summed E-state index contributed by atoms with van der Waals surface area (Å²) < 4.78 is 21.3. The van der Waals surface area contributed by atoms with Gasteiger partial charge in [0.05, 0.1) is 16.8 Å². The first-order chi connectivity index (χ1) is 12.9. The number of aryl methyl sites for hydroxylation is 2. The van der Waals surface area contributed by atoms with Crippen molar-refractivity contribution in [3.8, 4) is 0 Å². The molecule has 27 heavy (non-hydrogen) atoms. The number of para-hydroxylation sites is 1. The molecule has 0 unspecified atom stereocenters. The number of hydrogen-bond acceptors (Lipinski definition) is 4. The smallest absolute Gasteiger partial charge is 0.326 e. The van der Waals surface area contributed by atoms with Gasteiger partial charge in [0.25, 0.3) is 5.91 Å². The Morgan fingerprint density at radius 3 is 2.67 bits per heavy atom. The third-order valence-electron chi connectivity index (χ3n) is 4.20. The molecule has 0 atom stereocenters. The van der Waals surface area contributed by atoms with Crippen LogP contribution in [0.25, 0.3) is 10.2 Å². The third kappa shape index (κ3) is 3.98. The zero-order valence-corrected chi connectivity index (χ0v) is 16.1. The second-order valence-corrected chi connectivity index (χ2v) is 7.09. The molecule has 0 aliphatic rings. The van der Waals surface area contributed by atoms with Crippen LogP contribution in [0, 0.1) is 19.7 Å². The van der Waals surface area contributed by atoms with E-state index in [9.17, 15) is 14.0 Å². The van der Waals surface area contributed by atoms with Crippen molar-refractivity contribution >= 4 is 33.4 Å². The van der Waals surface area contributed by atoms with Crippen LogP contribution in [0.4, 0.5) is 4.39 Å². The minimum absolute atomic E-state index is 0.214. The number of nitrogens with zero attached hydrogens (tertiary/aromatic N) is 2. The fourth-order valence-electron chi connectivity index (χ4n) is 2.68. The van der Waals surface area contributed by atoms with Crippen LogP contribution in [-0.4, -0.2) is 23.1 Å². The first-order valence-corrected chi connectivity index (χ1v) is 9.32. The SMILES string of the molecule is CCOC(=O)Cn1c(=NC(=O)c2ccc(C)c(C)c2)sc2cccc(F)c21. The number of esters is 1. The molecule has 3 aromatic rings. The van der Waals surface area contributed by atoms with E-state index in [-0.39, 0.29) is 23.5 Å². The van der Waals surface area contributed by atoms with E-state index in [0.717, 1.165) is 22.5 Å². The number of carbonyl (C=O) groups is 2. The zero-order valence-electron chi connectivity index (χ0n) is 15.3. The molecule has 0 radical (unpaired) electrons. The molecule has 0 saturated heterocycles. The quantitative estimate of drug-likeness (QED) is 0.642. The fourth-order valence-corrected chi connectivity index (χ4v) is 3.72. The highest BCUT2D eigenvalue weighted by Gasteiger charge is 2.15. The molecule has 1 amide bonds. The Bertz CT molecular complexity index is 1100. The predicted octanol–water partition coefficient (Wildman–Crippen LogP) is 3.76. The maximum Gasteiger partial charge on any atom is 0.326 e. The lowest BCUT2D eigenvalue weighted by molar-refractivity contribution is -0.143. The molecular weight excluding hydrogens is 367 g/mol. The summed E-state index contributed by atoms with van der Waals surface area (Å²) in [6.07, 6.45) is 0. The van der Waals surface area contributed by atoms with E-state index in [1.165, 1.54) is 10.6 Å². The normalized spacial score (nSPS) is 11.8. The number of halogens is 1. The van der Waals surface area contributed by atoms with E-state index in [0.29, 0.717) is 10.3 Å². The number of fused-ring (bicyclic) bond motifs is 1. The number of benzene rings is 2.